The smallest absolute Gasteiger partial charge is 0.436 e. The number of hydrogen-bond acceptors (Lipinski definition) is 3. The lowest BCUT2D eigenvalue weighted by Crippen LogP contribution is -2.16. The van der Waals surface area contributed by atoms with Crippen LogP contribution < -0.4 is 4.80 Å². The van der Waals surface area contributed by atoms with Crippen LogP contribution in [0.1, 0.15) is 0 Å². The van der Waals surface area contributed by atoms with Crippen LogP contribution in [0.15, 0.2) is 41.9 Å². The molecule has 0 N–H and O–H groups in total. The molecule has 0 aliphatic rings. The topological polar surface area (TPSA) is 43.6 Å². The van der Waals surface area contributed by atoms with Crippen LogP contribution in [-0.2, 0) is 11.3 Å². The zero-order chi connectivity index (χ0) is 12.3. The second-order valence-electron chi connectivity index (χ2n) is 3.33. The maximum Gasteiger partial charge on any atom is 0.436 e. The molecule has 2 aromatic rings. The third kappa shape index (κ3) is 2.29. The molecule has 5 heteroatoms. The van der Waals surface area contributed by atoms with E-state index in [-0.39, 0.29) is 0 Å². The molecule has 0 saturated carbocycles. The molecule has 1 aromatic heterocycles. The molecule has 1 aromatic carbocycles. The molecule has 0 bridgehead atoms. The molecule has 0 saturated heterocycles. The van der Waals surface area contributed by atoms with Crippen molar-refractivity contribution in [3.63, 3.8) is 0 Å². The number of amides is 1. The van der Waals surface area contributed by atoms with Gasteiger partial charge in [-0.3, -0.25) is 0 Å². The number of benzene rings is 1. The Hall–Kier alpha value is -1.88. The van der Waals surface area contributed by atoms with Crippen LogP contribution in [0.5, 0.6) is 0 Å². The van der Waals surface area contributed by atoms with Crippen LogP contribution in [0.2, 0.25) is 0 Å². The van der Waals surface area contributed by atoms with Crippen LogP contribution in [0.25, 0.3) is 10.2 Å². The van der Waals surface area contributed by atoms with E-state index in [1.165, 1.54) is 18.4 Å². The Morgan fingerprint density at radius 2 is 2.35 bits per heavy atom. The number of fused-ring (bicyclic) bond motifs is 1. The van der Waals surface area contributed by atoms with Gasteiger partial charge < -0.3 is 9.30 Å². The van der Waals surface area contributed by atoms with Crippen LogP contribution in [-0.4, -0.2) is 17.8 Å². The van der Waals surface area contributed by atoms with Gasteiger partial charge in [-0.25, -0.2) is 4.79 Å². The number of carbonyl (C=O) groups excluding carboxylic acids is 1. The fourth-order valence-electron chi connectivity index (χ4n) is 1.54. The van der Waals surface area contributed by atoms with Crippen molar-refractivity contribution in [1.29, 1.82) is 0 Å². The van der Waals surface area contributed by atoms with Crippen molar-refractivity contribution in [3.05, 3.63) is 41.7 Å². The number of aromatic nitrogens is 1. The molecule has 0 fully saturated rings. The fourth-order valence-corrected chi connectivity index (χ4v) is 2.56. The Labute approximate surface area is 102 Å². The van der Waals surface area contributed by atoms with Gasteiger partial charge in [-0.15, -0.1) is 11.6 Å². The summed E-state index contributed by atoms with van der Waals surface area (Å²) in [7, 11) is 1.32. The SMILES string of the molecule is C=CCn1/c(=N\C(=O)OC)sc2ccccc21. The molecular weight excluding hydrogens is 236 g/mol. The van der Waals surface area contributed by atoms with E-state index in [1.807, 2.05) is 28.8 Å². The van der Waals surface area contributed by atoms with Gasteiger partial charge in [-0.1, -0.05) is 29.5 Å². The van der Waals surface area contributed by atoms with E-state index in [9.17, 15) is 4.79 Å². The third-order valence-electron chi connectivity index (χ3n) is 2.26. The molecule has 1 heterocycles. The van der Waals surface area contributed by atoms with Gasteiger partial charge in [0.15, 0.2) is 4.80 Å². The summed E-state index contributed by atoms with van der Waals surface area (Å²) < 4.78 is 7.56. The number of ether oxygens (including phenoxy) is 1. The highest BCUT2D eigenvalue weighted by Gasteiger charge is 2.05. The molecule has 4 nitrogen and oxygen atoms in total. The van der Waals surface area contributed by atoms with Crippen molar-refractivity contribution < 1.29 is 9.53 Å². The minimum absolute atomic E-state index is 0.589. The van der Waals surface area contributed by atoms with Gasteiger partial charge in [0.2, 0.25) is 0 Å². The minimum atomic E-state index is -0.589. The summed E-state index contributed by atoms with van der Waals surface area (Å²) in [6.45, 7) is 4.32. The molecule has 0 radical (unpaired) electrons. The predicted octanol–water partition coefficient (Wildman–Crippen LogP) is 2.56. The number of methoxy groups -OCH3 is 1. The lowest BCUT2D eigenvalue weighted by molar-refractivity contribution is 0.181. The summed E-state index contributed by atoms with van der Waals surface area (Å²) in [6.07, 6.45) is 1.18. The van der Waals surface area contributed by atoms with Gasteiger partial charge >= 0.3 is 6.09 Å². The number of carbonyl (C=O) groups is 1. The second-order valence-corrected chi connectivity index (χ2v) is 4.34. The minimum Gasteiger partial charge on any atom is -0.451 e. The fraction of sp³-hybridized carbons (Fsp3) is 0.167. The zero-order valence-corrected chi connectivity index (χ0v) is 10.2. The van der Waals surface area contributed by atoms with E-state index in [0.717, 1.165) is 10.2 Å². The Kier molecular flexibility index (Phi) is 3.39. The largest absolute Gasteiger partial charge is 0.451 e. The van der Waals surface area contributed by atoms with Crippen LogP contribution in [0.3, 0.4) is 0 Å². The first-order valence-corrected chi connectivity index (χ1v) is 5.90. The van der Waals surface area contributed by atoms with Gasteiger partial charge in [0.1, 0.15) is 0 Å². The second kappa shape index (κ2) is 4.97. The first-order chi connectivity index (χ1) is 8.26. The highest BCUT2D eigenvalue weighted by atomic mass is 32.1. The van der Waals surface area contributed by atoms with Crippen LogP contribution >= 0.6 is 11.3 Å². The van der Waals surface area contributed by atoms with E-state index in [1.54, 1.807) is 6.08 Å². The van der Waals surface area contributed by atoms with Gasteiger partial charge in [-0.2, -0.15) is 0 Å². The third-order valence-corrected chi connectivity index (χ3v) is 3.32. The number of hydrogen-bond donors (Lipinski definition) is 0. The quantitative estimate of drug-likeness (QED) is 0.767. The summed E-state index contributed by atoms with van der Waals surface area (Å²) >= 11 is 1.46. The summed E-state index contributed by atoms with van der Waals surface area (Å²) in [4.78, 5) is 15.7. The Morgan fingerprint density at radius 1 is 1.59 bits per heavy atom. The van der Waals surface area contributed by atoms with E-state index in [0.29, 0.717) is 11.3 Å². The molecule has 0 atom stereocenters. The Balaban J connectivity index is 2.69. The molecule has 0 spiro atoms. The van der Waals surface area contributed by atoms with Gasteiger partial charge in [0.25, 0.3) is 0 Å². The Bertz CT molecular complexity index is 625. The lowest BCUT2D eigenvalue weighted by Gasteiger charge is -1.99. The van der Waals surface area contributed by atoms with Crippen molar-refractivity contribution in [2.75, 3.05) is 7.11 Å². The molecule has 0 unspecified atom stereocenters. The molecule has 1 amide bonds. The van der Waals surface area contributed by atoms with Gasteiger partial charge in [0, 0.05) is 6.54 Å². The molecule has 17 heavy (non-hydrogen) atoms. The van der Waals surface area contributed by atoms with Gasteiger partial charge in [0.05, 0.1) is 17.3 Å². The molecule has 2 rings (SSSR count). The highest BCUT2D eigenvalue weighted by molar-refractivity contribution is 7.16. The summed E-state index contributed by atoms with van der Waals surface area (Å²) in [5, 5.41) is 0. The first-order valence-electron chi connectivity index (χ1n) is 5.08. The van der Waals surface area contributed by atoms with E-state index in [2.05, 4.69) is 16.3 Å². The van der Waals surface area contributed by atoms with E-state index < -0.39 is 6.09 Å². The first kappa shape index (κ1) is 11.6. The van der Waals surface area contributed by atoms with Crippen molar-refractivity contribution >= 4 is 27.6 Å². The van der Waals surface area contributed by atoms with Crippen LogP contribution in [0, 0.1) is 0 Å². The van der Waals surface area contributed by atoms with Crippen molar-refractivity contribution in [2.24, 2.45) is 4.99 Å². The normalized spacial score (nSPS) is 11.7. The van der Waals surface area contributed by atoms with Crippen molar-refractivity contribution in [1.82, 2.24) is 4.57 Å². The average Bonchev–Trinajstić information content (AvgIpc) is 2.68. The summed E-state index contributed by atoms with van der Waals surface area (Å²) in [5.74, 6) is 0. The average molecular weight is 248 g/mol. The maximum absolute atomic E-state index is 11.2. The maximum atomic E-state index is 11.2. The van der Waals surface area contributed by atoms with E-state index in [4.69, 9.17) is 0 Å². The Morgan fingerprint density at radius 3 is 3.06 bits per heavy atom. The molecule has 0 aliphatic carbocycles. The number of para-hydroxylation sites is 1. The van der Waals surface area contributed by atoms with E-state index >= 15 is 0 Å². The number of allylic oxidation sites excluding steroid dienone is 1. The molecule has 88 valence electrons. The van der Waals surface area contributed by atoms with Crippen molar-refractivity contribution in [3.8, 4) is 0 Å². The van der Waals surface area contributed by atoms with Crippen LogP contribution in [0.4, 0.5) is 4.79 Å². The van der Waals surface area contributed by atoms with Crippen molar-refractivity contribution in [2.45, 2.75) is 6.54 Å². The van der Waals surface area contributed by atoms with Gasteiger partial charge in [-0.05, 0) is 12.1 Å². The summed E-state index contributed by atoms with van der Waals surface area (Å²) in [5.41, 5.74) is 1.04. The lowest BCUT2D eigenvalue weighted by atomic mass is 10.3. The number of nitrogens with zero attached hydrogens (tertiary/aromatic N) is 2. The highest BCUT2D eigenvalue weighted by Crippen LogP contribution is 2.16. The monoisotopic (exact) mass is 248 g/mol. The molecular formula is C12H12N2O2S. The zero-order valence-electron chi connectivity index (χ0n) is 9.42. The summed E-state index contributed by atoms with van der Waals surface area (Å²) in [6, 6.07) is 7.90. The standard InChI is InChI=1S/C12H12N2O2S/c1-3-8-14-9-6-4-5-7-10(9)17-11(14)13-12(15)16-2/h3-7H,1,8H2,2H3/b13-11+. The predicted molar refractivity (Wildman–Crippen MR) is 68.0 cm³/mol. The number of thiazole rings is 1. The molecule has 0 aliphatic heterocycles. The number of rotatable bonds is 2.